The number of nitrogens with zero attached hydrogens (tertiary/aromatic N) is 4. The fourth-order valence-electron chi connectivity index (χ4n) is 6.15. The first-order valence-corrected chi connectivity index (χ1v) is 16.4. The number of nitrogens with two attached hydrogens (primary N) is 1. The first kappa shape index (κ1) is 30.4. The summed E-state index contributed by atoms with van der Waals surface area (Å²) in [5.41, 5.74) is 12.7. The van der Waals surface area contributed by atoms with E-state index in [1.165, 1.54) is 17.0 Å². The fraction of sp³-hybridized carbons (Fsp3) is 0.531. The third-order valence-electron chi connectivity index (χ3n) is 8.78. The maximum absolute atomic E-state index is 13.0. The van der Waals surface area contributed by atoms with Crippen LogP contribution in [0.25, 0.3) is 11.1 Å². The molecule has 3 N–H and O–H groups in total. The standard InChI is InChI=1S/C32H44N6O3S/c1-21-14-24-15-23(25-17-30(31(33)34-19-25)42(39,40)37-11-12-38(4)5)6-7-29(24)41-13-9-22(21)16-28-26-18-32(2,3)10-8-27(26)35-20-36-28/h6-7,15,17,19-22,37H,8-14,16,18H2,1-5H3,(H2,33,34). The van der Waals surface area contributed by atoms with Crippen molar-refractivity contribution < 1.29 is 13.2 Å². The van der Waals surface area contributed by atoms with Crippen LogP contribution in [0.5, 0.6) is 5.75 Å². The molecule has 3 heterocycles. The van der Waals surface area contributed by atoms with E-state index >= 15 is 0 Å². The maximum atomic E-state index is 13.0. The minimum atomic E-state index is -3.80. The molecule has 226 valence electrons. The number of sulfonamides is 1. The predicted octanol–water partition coefficient (Wildman–Crippen LogP) is 4.30. The van der Waals surface area contributed by atoms with Crippen molar-refractivity contribution >= 4 is 15.8 Å². The number of hydrogen-bond donors (Lipinski definition) is 2. The van der Waals surface area contributed by atoms with Gasteiger partial charge in [-0.1, -0.05) is 26.8 Å². The van der Waals surface area contributed by atoms with Gasteiger partial charge in [-0.2, -0.15) is 0 Å². The van der Waals surface area contributed by atoms with Crippen molar-refractivity contribution in [2.45, 2.75) is 64.2 Å². The zero-order valence-corrected chi connectivity index (χ0v) is 26.3. The number of likely N-dealkylation sites (N-methyl/N-ethyl adjacent to an activating group) is 1. The summed E-state index contributed by atoms with van der Waals surface area (Å²) in [5.74, 6) is 1.70. The van der Waals surface area contributed by atoms with Gasteiger partial charge in [0.1, 0.15) is 22.8 Å². The average Bonchev–Trinajstić information content (AvgIpc) is 2.92. The average molecular weight is 593 g/mol. The molecule has 1 aliphatic heterocycles. The lowest BCUT2D eigenvalue weighted by molar-refractivity contribution is 0.219. The van der Waals surface area contributed by atoms with Gasteiger partial charge in [0.15, 0.2) is 0 Å². The highest BCUT2D eigenvalue weighted by Crippen LogP contribution is 2.38. The molecule has 0 radical (unpaired) electrons. The Morgan fingerprint density at radius 1 is 1.14 bits per heavy atom. The molecule has 2 unspecified atom stereocenters. The minimum Gasteiger partial charge on any atom is -0.493 e. The van der Waals surface area contributed by atoms with E-state index in [1.807, 2.05) is 31.1 Å². The summed E-state index contributed by atoms with van der Waals surface area (Å²) in [4.78, 5) is 15.5. The van der Waals surface area contributed by atoms with Crippen LogP contribution >= 0.6 is 0 Å². The van der Waals surface area contributed by atoms with Crippen LogP contribution in [-0.2, 0) is 35.7 Å². The second-order valence-electron chi connectivity index (χ2n) is 13.0. The molecule has 2 atom stereocenters. The van der Waals surface area contributed by atoms with E-state index in [-0.39, 0.29) is 22.7 Å². The van der Waals surface area contributed by atoms with E-state index in [2.05, 4.69) is 41.5 Å². The summed E-state index contributed by atoms with van der Waals surface area (Å²) in [6, 6.07) is 7.66. The number of rotatable bonds is 8. The first-order chi connectivity index (χ1) is 19.9. The molecule has 3 aromatic rings. The molecule has 0 fully saturated rings. The SMILES string of the molecule is CC1Cc2cc(-c3cnc(N)c(S(=O)(=O)NCCN(C)C)c3)ccc2OCCC1Cc1ncnc2c1CC(C)(C)CC2. The monoisotopic (exact) mass is 592 g/mol. The molecular formula is C32H44N6O3S. The highest BCUT2D eigenvalue weighted by molar-refractivity contribution is 7.89. The van der Waals surface area contributed by atoms with Gasteiger partial charge in [-0.25, -0.2) is 28.1 Å². The number of nitrogens with one attached hydrogen (secondary N) is 1. The van der Waals surface area contributed by atoms with Crippen LogP contribution in [0.15, 0.2) is 41.7 Å². The normalized spacial score (nSPS) is 20.2. The molecule has 0 amide bonds. The van der Waals surface area contributed by atoms with Crippen molar-refractivity contribution in [2.75, 3.05) is 39.5 Å². The van der Waals surface area contributed by atoms with Crippen LogP contribution in [0.2, 0.25) is 0 Å². The Balaban J connectivity index is 1.37. The lowest BCUT2D eigenvalue weighted by Gasteiger charge is -2.33. The van der Waals surface area contributed by atoms with Gasteiger partial charge < -0.3 is 15.4 Å². The van der Waals surface area contributed by atoms with Gasteiger partial charge in [0.05, 0.1) is 6.61 Å². The van der Waals surface area contributed by atoms with Crippen LogP contribution in [0.1, 0.15) is 56.1 Å². The van der Waals surface area contributed by atoms with Gasteiger partial charge in [0, 0.05) is 36.2 Å². The summed E-state index contributed by atoms with van der Waals surface area (Å²) >= 11 is 0. The number of aryl methyl sites for hydroxylation is 1. The highest BCUT2D eigenvalue weighted by Gasteiger charge is 2.30. The third-order valence-corrected chi connectivity index (χ3v) is 10.3. The molecule has 0 saturated heterocycles. The summed E-state index contributed by atoms with van der Waals surface area (Å²) < 4.78 is 34.9. The Labute approximate surface area is 250 Å². The topological polar surface area (TPSA) is 123 Å². The van der Waals surface area contributed by atoms with E-state index in [4.69, 9.17) is 15.5 Å². The molecule has 0 bridgehead atoms. The third kappa shape index (κ3) is 6.93. The highest BCUT2D eigenvalue weighted by atomic mass is 32.2. The molecule has 1 aliphatic carbocycles. The maximum Gasteiger partial charge on any atom is 0.244 e. The van der Waals surface area contributed by atoms with Gasteiger partial charge >= 0.3 is 0 Å². The minimum absolute atomic E-state index is 0.00783. The number of fused-ring (bicyclic) bond motifs is 2. The van der Waals surface area contributed by atoms with Gasteiger partial charge in [0.25, 0.3) is 0 Å². The van der Waals surface area contributed by atoms with Crippen molar-refractivity contribution in [3.63, 3.8) is 0 Å². The smallest absolute Gasteiger partial charge is 0.244 e. The van der Waals surface area contributed by atoms with E-state index < -0.39 is 10.0 Å². The number of benzene rings is 1. The second-order valence-corrected chi connectivity index (χ2v) is 14.7. The first-order valence-electron chi connectivity index (χ1n) is 14.9. The van der Waals surface area contributed by atoms with Crippen molar-refractivity contribution in [2.24, 2.45) is 17.3 Å². The molecule has 10 heteroatoms. The number of ether oxygens (including phenoxy) is 1. The molecule has 2 aromatic heterocycles. The molecular weight excluding hydrogens is 548 g/mol. The van der Waals surface area contributed by atoms with E-state index in [0.29, 0.717) is 30.6 Å². The fourth-order valence-corrected chi connectivity index (χ4v) is 7.27. The van der Waals surface area contributed by atoms with Crippen LogP contribution in [0, 0.1) is 17.3 Å². The summed E-state index contributed by atoms with van der Waals surface area (Å²) in [5, 5.41) is 0. The Morgan fingerprint density at radius 3 is 2.74 bits per heavy atom. The Bertz CT molecular complexity index is 1540. The molecule has 42 heavy (non-hydrogen) atoms. The van der Waals surface area contributed by atoms with E-state index in [0.717, 1.165) is 55.4 Å². The molecule has 0 saturated carbocycles. The molecule has 5 rings (SSSR count). The van der Waals surface area contributed by atoms with Gasteiger partial charge in [-0.3, -0.25) is 0 Å². The number of aromatic nitrogens is 3. The number of pyridine rings is 1. The van der Waals surface area contributed by atoms with E-state index in [9.17, 15) is 8.42 Å². The Kier molecular flexibility index (Phi) is 8.87. The number of anilines is 1. The largest absolute Gasteiger partial charge is 0.493 e. The number of nitrogen functional groups attached to an aromatic ring is 1. The Morgan fingerprint density at radius 2 is 1.95 bits per heavy atom. The number of hydrogen-bond acceptors (Lipinski definition) is 8. The van der Waals surface area contributed by atoms with Crippen molar-refractivity contribution in [1.29, 1.82) is 0 Å². The van der Waals surface area contributed by atoms with Gasteiger partial charge in [-0.05, 0) is 105 Å². The molecule has 9 nitrogen and oxygen atoms in total. The summed E-state index contributed by atoms with van der Waals surface area (Å²) in [7, 11) is -0.0233. The zero-order valence-electron chi connectivity index (χ0n) is 25.5. The molecule has 0 spiro atoms. The van der Waals surface area contributed by atoms with Crippen molar-refractivity contribution in [3.05, 3.63) is 59.3 Å². The van der Waals surface area contributed by atoms with Crippen LogP contribution < -0.4 is 15.2 Å². The zero-order chi connectivity index (χ0) is 30.1. The lowest BCUT2D eigenvalue weighted by atomic mass is 9.74. The van der Waals surface area contributed by atoms with Crippen molar-refractivity contribution in [1.82, 2.24) is 24.6 Å². The van der Waals surface area contributed by atoms with Gasteiger partial charge in [-0.15, -0.1) is 0 Å². The Hall–Kier alpha value is -3.08. The quantitative estimate of drug-likeness (QED) is 0.397. The summed E-state index contributed by atoms with van der Waals surface area (Å²) in [6.07, 6.45) is 9.32. The van der Waals surface area contributed by atoms with Gasteiger partial charge in [0.2, 0.25) is 10.0 Å². The van der Waals surface area contributed by atoms with Crippen molar-refractivity contribution in [3.8, 4) is 16.9 Å². The second kappa shape index (κ2) is 12.3. The van der Waals surface area contributed by atoms with Crippen LogP contribution in [-0.4, -0.2) is 62.1 Å². The lowest BCUT2D eigenvalue weighted by Crippen LogP contribution is -2.32. The molecule has 2 aliphatic rings. The van der Waals surface area contributed by atoms with Crippen LogP contribution in [0.3, 0.4) is 0 Å². The van der Waals surface area contributed by atoms with E-state index in [1.54, 1.807) is 18.6 Å². The predicted molar refractivity (Wildman–Crippen MR) is 166 cm³/mol. The summed E-state index contributed by atoms with van der Waals surface area (Å²) in [6.45, 7) is 8.50. The molecule has 1 aromatic carbocycles. The van der Waals surface area contributed by atoms with Crippen LogP contribution in [0.4, 0.5) is 5.82 Å².